The van der Waals surface area contributed by atoms with Gasteiger partial charge in [0.25, 0.3) is 5.91 Å². The van der Waals surface area contributed by atoms with Gasteiger partial charge in [-0.3, -0.25) is 14.3 Å². The van der Waals surface area contributed by atoms with Gasteiger partial charge in [0.05, 0.1) is 19.7 Å². The molecule has 0 unspecified atom stereocenters. The van der Waals surface area contributed by atoms with E-state index in [1.807, 2.05) is 49.6 Å². The average Bonchev–Trinajstić information content (AvgIpc) is 3.40. The van der Waals surface area contributed by atoms with E-state index in [-0.39, 0.29) is 11.9 Å². The Hall–Kier alpha value is -3.42. The van der Waals surface area contributed by atoms with Gasteiger partial charge < -0.3 is 5.32 Å². The molecule has 3 aromatic heterocycles. The molecule has 0 saturated heterocycles. The normalized spacial score (nSPS) is 17.2. The summed E-state index contributed by atoms with van der Waals surface area (Å²) in [5.74, 6) is 0.740. The van der Waals surface area contributed by atoms with Gasteiger partial charge in [-0.1, -0.05) is 32.6 Å². The fourth-order valence-corrected chi connectivity index (χ4v) is 4.06. The zero-order valence-corrected chi connectivity index (χ0v) is 19.4. The Kier molecular flexibility index (Phi) is 6.36. The largest absolute Gasteiger partial charge is 0.349 e. The highest BCUT2D eigenvalue weighted by Crippen LogP contribution is 2.25. The van der Waals surface area contributed by atoms with Crippen molar-refractivity contribution in [2.24, 2.45) is 4.99 Å². The Morgan fingerprint density at radius 1 is 1.36 bits per heavy atom. The summed E-state index contributed by atoms with van der Waals surface area (Å²) in [7, 11) is 6.23. The second kappa shape index (κ2) is 9.21. The van der Waals surface area contributed by atoms with Crippen molar-refractivity contribution in [1.29, 1.82) is 0 Å². The summed E-state index contributed by atoms with van der Waals surface area (Å²) < 4.78 is 1.99. The monoisotopic (exact) mass is 440 g/mol. The third kappa shape index (κ3) is 5.00. The second-order valence-electron chi connectivity index (χ2n) is 9.11. The SMILES string of the molecule is [B]C(C)(C)c1cn2c(N=C3CCC(NC(=O)/C(=C/C=C)c4cn[nH]c4C)CC3)cccc2n1. The van der Waals surface area contributed by atoms with Crippen LogP contribution in [0.4, 0.5) is 5.82 Å². The highest BCUT2D eigenvalue weighted by atomic mass is 16.1. The number of aromatic nitrogens is 4. The smallest absolute Gasteiger partial charge is 0.252 e. The zero-order chi connectivity index (χ0) is 23.6. The zero-order valence-electron chi connectivity index (χ0n) is 19.4. The van der Waals surface area contributed by atoms with Crippen LogP contribution in [0.15, 0.2) is 54.3 Å². The number of H-pyrrole nitrogens is 1. The van der Waals surface area contributed by atoms with Gasteiger partial charge in [0.2, 0.25) is 0 Å². The number of aryl methyl sites for hydroxylation is 1. The minimum Gasteiger partial charge on any atom is -0.349 e. The molecule has 3 heterocycles. The van der Waals surface area contributed by atoms with Gasteiger partial charge >= 0.3 is 0 Å². The summed E-state index contributed by atoms with van der Waals surface area (Å²) in [6, 6.07) is 6.02. The number of carbonyl (C=O) groups is 1. The summed E-state index contributed by atoms with van der Waals surface area (Å²) in [5, 5.41) is 9.57. The number of aromatic amines is 1. The number of carbonyl (C=O) groups excluding carboxylic acids is 1. The number of pyridine rings is 1. The van der Waals surface area contributed by atoms with Crippen LogP contribution < -0.4 is 5.32 Å². The molecule has 1 amide bonds. The van der Waals surface area contributed by atoms with Crippen LogP contribution >= 0.6 is 0 Å². The fraction of sp³-hybridized carbons (Fsp3) is 0.360. The number of nitrogens with one attached hydrogen (secondary N) is 2. The highest BCUT2D eigenvalue weighted by Gasteiger charge is 2.23. The van der Waals surface area contributed by atoms with Crippen molar-refractivity contribution < 1.29 is 4.79 Å². The maximum Gasteiger partial charge on any atom is 0.252 e. The number of amides is 1. The molecule has 0 atom stereocenters. The molecule has 2 radical (unpaired) electrons. The Morgan fingerprint density at radius 3 is 2.76 bits per heavy atom. The maximum atomic E-state index is 12.9. The van der Waals surface area contributed by atoms with E-state index in [0.29, 0.717) is 5.57 Å². The molecule has 0 aliphatic heterocycles. The van der Waals surface area contributed by atoms with Crippen molar-refractivity contribution in [3.05, 3.63) is 66.3 Å². The molecule has 1 aliphatic rings. The van der Waals surface area contributed by atoms with Gasteiger partial charge in [-0.2, -0.15) is 5.10 Å². The molecule has 1 fully saturated rings. The first kappa shape index (κ1) is 22.8. The third-order valence-corrected chi connectivity index (χ3v) is 5.95. The number of fused-ring (bicyclic) bond motifs is 1. The topological polar surface area (TPSA) is 87.4 Å². The van der Waals surface area contributed by atoms with Crippen molar-refractivity contribution in [2.45, 2.75) is 57.8 Å². The first-order valence-electron chi connectivity index (χ1n) is 11.2. The van der Waals surface area contributed by atoms with E-state index in [0.717, 1.165) is 59.8 Å². The lowest BCUT2D eigenvalue weighted by atomic mass is 9.70. The quantitative estimate of drug-likeness (QED) is 0.343. The molecule has 0 aromatic carbocycles. The van der Waals surface area contributed by atoms with Gasteiger partial charge in [0, 0.05) is 34.8 Å². The predicted molar refractivity (Wildman–Crippen MR) is 133 cm³/mol. The van der Waals surface area contributed by atoms with E-state index in [2.05, 4.69) is 27.1 Å². The van der Waals surface area contributed by atoms with Crippen LogP contribution in [0.1, 0.15) is 56.5 Å². The standard InChI is InChI=1S/C25H29BN6O/c1-5-7-19(20-14-27-31-16(20)2)24(33)29-18-12-10-17(11-13-18)28-22-8-6-9-23-30-21(15-32(22)23)25(3,4)26/h5-9,14-15,18H,1,10-13H2,2-4H3,(H,27,31)(H,29,33)/b19-7+,28-17?. The molecule has 168 valence electrons. The molecule has 0 spiro atoms. The maximum absolute atomic E-state index is 12.9. The number of aliphatic imine (C=N–C) groups is 1. The van der Waals surface area contributed by atoms with Crippen molar-refractivity contribution >= 4 is 36.5 Å². The summed E-state index contributed by atoms with van der Waals surface area (Å²) in [6.07, 6.45) is 10.3. The van der Waals surface area contributed by atoms with Crippen molar-refractivity contribution in [3.63, 3.8) is 0 Å². The Bertz CT molecular complexity index is 1230. The van der Waals surface area contributed by atoms with Gasteiger partial charge in [-0.05, 0) is 56.1 Å². The average molecular weight is 440 g/mol. The summed E-state index contributed by atoms with van der Waals surface area (Å²) in [5.41, 5.74) is 5.01. The molecule has 7 nitrogen and oxygen atoms in total. The molecule has 1 aliphatic carbocycles. The van der Waals surface area contributed by atoms with Crippen molar-refractivity contribution in [1.82, 2.24) is 24.9 Å². The molecule has 1 saturated carbocycles. The Labute approximate surface area is 195 Å². The molecule has 0 bridgehead atoms. The van der Waals surface area contributed by atoms with E-state index in [1.165, 1.54) is 0 Å². The van der Waals surface area contributed by atoms with Gasteiger partial charge in [0.15, 0.2) is 0 Å². The van der Waals surface area contributed by atoms with Crippen LogP contribution in [0.25, 0.3) is 11.2 Å². The molecule has 8 heteroatoms. The molecule has 33 heavy (non-hydrogen) atoms. The van der Waals surface area contributed by atoms with Crippen molar-refractivity contribution in [2.75, 3.05) is 0 Å². The van der Waals surface area contributed by atoms with E-state index in [4.69, 9.17) is 12.8 Å². The van der Waals surface area contributed by atoms with E-state index in [9.17, 15) is 4.79 Å². The van der Waals surface area contributed by atoms with Crippen LogP contribution in [0.5, 0.6) is 0 Å². The van der Waals surface area contributed by atoms with Crippen LogP contribution in [0, 0.1) is 6.92 Å². The molecular weight excluding hydrogens is 411 g/mol. The van der Waals surface area contributed by atoms with Crippen molar-refractivity contribution in [3.8, 4) is 0 Å². The first-order chi connectivity index (χ1) is 15.8. The lowest BCUT2D eigenvalue weighted by molar-refractivity contribution is -0.116. The lowest BCUT2D eigenvalue weighted by Crippen LogP contribution is -2.38. The number of hydrogen-bond donors (Lipinski definition) is 2. The minimum atomic E-state index is -0.513. The molecule has 3 aromatic rings. The fourth-order valence-electron chi connectivity index (χ4n) is 4.06. The summed E-state index contributed by atoms with van der Waals surface area (Å²) >= 11 is 0. The predicted octanol–water partition coefficient (Wildman–Crippen LogP) is 4.17. The number of rotatable bonds is 6. The number of hydrogen-bond acceptors (Lipinski definition) is 4. The van der Waals surface area contributed by atoms with Gasteiger partial charge in [0.1, 0.15) is 11.5 Å². The van der Waals surface area contributed by atoms with Crippen LogP contribution in [-0.2, 0) is 10.1 Å². The third-order valence-electron chi connectivity index (χ3n) is 5.95. The van der Waals surface area contributed by atoms with Gasteiger partial charge in [-0.25, -0.2) is 9.98 Å². The molecule has 2 N–H and O–H groups in total. The lowest BCUT2D eigenvalue weighted by Gasteiger charge is -2.24. The Balaban J connectivity index is 1.44. The minimum absolute atomic E-state index is 0.102. The Morgan fingerprint density at radius 2 is 2.12 bits per heavy atom. The summed E-state index contributed by atoms with van der Waals surface area (Å²) in [6.45, 7) is 9.52. The number of nitrogens with zero attached hydrogens (tertiary/aromatic N) is 4. The second-order valence-corrected chi connectivity index (χ2v) is 9.11. The summed E-state index contributed by atoms with van der Waals surface area (Å²) in [4.78, 5) is 22.5. The van der Waals surface area contributed by atoms with Crippen LogP contribution in [0.3, 0.4) is 0 Å². The number of imidazole rings is 1. The van der Waals surface area contributed by atoms with Crippen LogP contribution in [0.2, 0.25) is 0 Å². The highest BCUT2D eigenvalue weighted by molar-refractivity contribution is 6.20. The molecular formula is C25H29BN6O. The van der Waals surface area contributed by atoms with E-state index < -0.39 is 5.31 Å². The van der Waals surface area contributed by atoms with E-state index >= 15 is 0 Å². The van der Waals surface area contributed by atoms with Gasteiger partial charge in [-0.15, -0.1) is 0 Å². The van der Waals surface area contributed by atoms with Crippen LogP contribution in [-0.4, -0.2) is 45.1 Å². The molecule has 4 rings (SSSR count). The first-order valence-corrected chi connectivity index (χ1v) is 11.2. The van der Waals surface area contributed by atoms with E-state index in [1.54, 1.807) is 18.3 Å². The number of allylic oxidation sites excluding steroid dienone is 2.